The lowest BCUT2D eigenvalue weighted by Gasteiger charge is -2.45. The van der Waals surface area contributed by atoms with Crippen molar-refractivity contribution in [1.82, 2.24) is 10.2 Å². The molecule has 3 rings (SSSR count). The molecule has 4 heteroatoms. The van der Waals surface area contributed by atoms with Gasteiger partial charge in [0.05, 0.1) is 13.2 Å². The zero-order valence-corrected chi connectivity index (χ0v) is 11.0. The molecule has 3 fully saturated rings. The minimum Gasteiger partial charge on any atom is -0.382 e. The van der Waals surface area contributed by atoms with Gasteiger partial charge < -0.3 is 19.7 Å². The van der Waals surface area contributed by atoms with Gasteiger partial charge in [0.25, 0.3) is 0 Å². The van der Waals surface area contributed by atoms with Crippen LogP contribution in [0.5, 0.6) is 0 Å². The summed E-state index contributed by atoms with van der Waals surface area (Å²) in [6.07, 6.45) is 3.89. The fourth-order valence-electron chi connectivity index (χ4n) is 2.90. The third-order valence-electron chi connectivity index (χ3n) is 3.96. The number of methoxy groups -OCH3 is 1. The third kappa shape index (κ3) is 4.21. The Balaban J connectivity index is 1.48. The smallest absolute Gasteiger partial charge is 0.0700 e. The van der Waals surface area contributed by atoms with Crippen molar-refractivity contribution in [3.05, 3.63) is 0 Å². The highest BCUT2D eigenvalue weighted by atomic mass is 16.5. The largest absolute Gasteiger partial charge is 0.382 e. The van der Waals surface area contributed by atoms with E-state index < -0.39 is 0 Å². The number of nitrogens with zero attached hydrogens (tertiary/aromatic N) is 1. The number of ether oxygens (including phenoxy) is 2. The summed E-state index contributed by atoms with van der Waals surface area (Å²) >= 11 is 0. The molecule has 0 aromatic rings. The molecule has 0 amide bonds. The van der Waals surface area contributed by atoms with E-state index in [0.717, 1.165) is 38.1 Å². The Labute approximate surface area is 105 Å². The van der Waals surface area contributed by atoms with E-state index in [1.54, 1.807) is 7.11 Å². The van der Waals surface area contributed by atoms with Crippen LogP contribution in [0.25, 0.3) is 0 Å². The molecule has 3 aliphatic rings. The zero-order chi connectivity index (χ0) is 11.9. The summed E-state index contributed by atoms with van der Waals surface area (Å²) < 4.78 is 10.4. The normalized spacial score (nSPS) is 31.9. The molecule has 2 bridgehead atoms. The summed E-state index contributed by atoms with van der Waals surface area (Å²) in [5.41, 5.74) is 0. The Hall–Kier alpha value is -0.160. The number of nitrogens with one attached hydrogen (secondary N) is 1. The summed E-state index contributed by atoms with van der Waals surface area (Å²) in [5.74, 6) is 0.925. The minimum atomic E-state index is 0.701. The van der Waals surface area contributed by atoms with Gasteiger partial charge in [0, 0.05) is 26.3 Å². The molecule has 0 radical (unpaired) electrons. The number of rotatable bonds is 8. The van der Waals surface area contributed by atoms with Gasteiger partial charge in [-0.05, 0) is 44.8 Å². The van der Waals surface area contributed by atoms with E-state index in [1.807, 2.05) is 0 Å². The van der Waals surface area contributed by atoms with Gasteiger partial charge in [0.15, 0.2) is 0 Å². The Morgan fingerprint density at radius 3 is 2.65 bits per heavy atom. The van der Waals surface area contributed by atoms with E-state index in [1.165, 1.54) is 32.5 Å². The van der Waals surface area contributed by atoms with Crippen molar-refractivity contribution in [3.63, 3.8) is 0 Å². The van der Waals surface area contributed by atoms with E-state index in [-0.39, 0.29) is 0 Å². The van der Waals surface area contributed by atoms with Crippen molar-refractivity contribution in [2.24, 2.45) is 5.92 Å². The molecule has 0 aromatic carbocycles. The fraction of sp³-hybridized carbons (Fsp3) is 1.00. The Kier molecular flexibility index (Phi) is 5.71. The van der Waals surface area contributed by atoms with Crippen LogP contribution >= 0.6 is 0 Å². The Bertz CT molecular complexity index is 206. The van der Waals surface area contributed by atoms with Crippen LogP contribution in [0.4, 0.5) is 0 Å². The van der Waals surface area contributed by atoms with Crippen LogP contribution in [0.15, 0.2) is 0 Å². The van der Waals surface area contributed by atoms with Gasteiger partial charge >= 0.3 is 0 Å². The lowest BCUT2D eigenvalue weighted by molar-refractivity contribution is 0.0607. The predicted octanol–water partition coefficient (Wildman–Crippen LogP) is 0.723. The summed E-state index contributed by atoms with van der Waals surface area (Å²) in [6, 6.07) is 0.733. The molecular weight excluding hydrogens is 216 g/mol. The van der Waals surface area contributed by atoms with Crippen molar-refractivity contribution in [1.29, 1.82) is 0 Å². The van der Waals surface area contributed by atoms with E-state index in [0.29, 0.717) is 6.61 Å². The summed E-state index contributed by atoms with van der Waals surface area (Å²) in [7, 11) is 1.71. The molecule has 17 heavy (non-hydrogen) atoms. The molecule has 1 N–H and O–H groups in total. The molecular formula is C13H26N2O2. The molecule has 3 aliphatic heterocycles. The highest BCUT2D eigenvalue weighted by Crippen LogP contribution is 2.27. The monoisotopic (exact) mass is 242 g/mol. The predicted molar refractivity (Wildman–Crippen MR) is 68.3 cm³/mol. The first-order valence-corrected chi connectivity index (χ1v) is 6.92. The molecule has 3 heterocycles. The number of hydrogen-bond acceptors (Lipinski definition) is 4. The van der Waals surface area contributed by atoms with E-state index >= 15 is 0 Å². The minimum absolute atomic E-state index is 0.701. The second-order valence-corrected chi connectivity index (χ2v) is 5.16. The average molecular weight is 242 g/mol. The number of fused-ring (bicyclic) bond motifs is 3. The summed E-state index contributed by atoms with van der Waals surface area (Å²) in [4.78, 5) is 2.59. The van der Waals surface area contributed by atoms with Crippen LogP contribution in [-0.4, -0.2) is 64.1 Å². The molecule has 1 unspecified atom stereocenters. The second kappa shape index (κ2) is 7.31. The summed E-state index contributed by atoms with van der Waals surface area (Å²) in [6.45, 7) is 7.25. The van der Waals surface area contributed by atoms with Crippen molar-refractivity contribution in [2.45, 2.75) is 25.3 Å². The quantitative estimate of drug-likeness (QED) is 0.636. The second-order valence-electron chi connectivity index (χ2n) is 5.16. The molecule has 1 atom stereocenters. The topological polar surface area (TPSA) is 33.7 Å². The lowest BCUT2D eigenvalue weighted by Crippen LogP contribution is -2.56. The molecule has 0 aromatic heterocycles. The first-order valence-electron chi connectivity index (χ1n) is 6.92. The van der Waals surface area contributed by atoms with Crippen LogP contribution in [-0.2, 0) is 9.47 Å². The number of hydrogen-bond donors (Lipinski definition) is 1. The third-order valence-corrected chi connectivity index (χ3v) is 3.96. The van der Waals surface area contributed by atoms with Gasteiger partial charge in [-0.2, -0.15) is 0 Å². The maximum absolute atomic E-state index is 5.45. The molecule has 100 valence electrons. The average Bonchev–Trinajstić information content (AvgIpc) is 2.39. The van der Waals surface area contributed by atoms with Crippen molar-refractivity contribution < 1.29 is 9.47 Å². The van der Waals surface area contributed by atoms with Crippen LogP contribution in [0.1, 0.15) is 19.3 Å². The van der Waals surface area contributed by atoms with Crippen molar-refractivity contribution in [3.8, 4) is 0 Å². The molecule has 3 saturated heterocycles. The standard InChI is InChI=1S/C13H26N2O2/c1-16-9-10-17-8-2-5-14-13-11-15-6-3-12(13)4-7-15/h12-14H,2-11H2,1H3. The molecule has 4 nitrogen and oxygen atoms in total. The van der Waals surface area contributed by atoms with E-state index in [2.05, 4.69) is 10.2 Å². The van der Waals surface area contributed by atoms with Gasteiger partial charge in [-0.3, -0.25) is 0 Å². The first-order chi connectivity index (χ1) is 8.40. The van der Waals surface area contributed by atoms with Crippen LogP contribution in [0, 0.1) is 5.92 Å². The Morgan fingerprint density at radius 1 is 1.18 bits per heavy atom. The summed E-state index contributed by atoms with van der Waals surface area (Å²) in [5, 5.41) is 3.69. The maximum Gasteiger partial charge on any atom is 0.0700 e. The van der Waals surface area contributed by atoms with Crippen LogP contribution < -0.4 is 5.32 Å². The van der Waals surface area contributed by atoms with Crippen LogP contribution in [0.3, 0.4) is 0 Å². The van der Waals surface area contributed by atoms with Gasteiger partial charge in [0.2, 0.25) is 0 Å². The molecule has 0 saturated carbocycles. The first kappa shape index (κ1) is 13.3. The van der Waals surface area contributed by atoms with Crippen LogP contribution in [0.2, 0.25) is 0 Å². The van der Waals surface area contributed by atoms with Gasteiger partial charge in [-0.15, -0.1) is 0 Å². The lowest BCUT2D eigenvalue weighted by atomic mass is 9.84. The van der Waals surface area contributed by atoms with Crippen molar-refractivity contribution in [2.75, 3.05) is 53.1 Å². The molecule has 0 aliphatic carbocycles. The highest BCUT2D eigenvalue weighted by molar-refractivity contribution is 4.90. The SMILES string of the molecule is COCCOCCCNC1CN2CCC1CC2. The van der Waals surface area contributed by atoms with Crippen molar-refractivity contribution >= 4 is 0 Å². The zero-order valence-electron chi connectivity index (χ0n) is 11.0. The van der Waals surface area contributed by atoms with Gasteiger partial charge in [-0.1, -0.05) is 0 Å². The van der Waals surface area contributed by atoms with Gasteiger partial charge in [-0.25, -0.2) is 0 Å². The fourth-order valence-corrected chi connectivity index (χ4v) is 2.90. The van der Waals surface area contributed by atoms with E-state index in [9.17, 15) is 0 Å². The molecule has 0 spiro atoms. The number of piperidine rings is 3. The highest BCUT2D eigenvalue weighted by Gasteiger charge is 2.33. The van der Waals surface area contributed by atoms with E-state index in [4.69, 9.17) is 9.47 Å². The van der Waals surface area contributed by atoms with Gasteiger partial charge in [0.1, 0.15) is 0 Å². The maximum atomic E-state index is 5.45. The Morgan fingerprint density at radius 2 is 2.00 bits per heavy atom.